The van der Waals surface area contributed by atoms with Crippen molar-refractivity contribution in [2.24, 2.45) is 0 Å². The molecule has 1 unspecified atom stereocenters. The summed E-state index contributed by atoms with van der Waals surface area (Å²) in [5.74, 6) is 0.147. The molecule has 4 heterocycles. The van der Waals surface area contributed by atoms with E-state index < -0.39 is 0 Å². The summed E-state index contributed by atoms with van der Waals surface area (Å²) in [4.78, 5) is 19.2. The molecule has 0 aromatic carbocycles. The number of carbonyl (C=O) groups excluding carboxylic acids is 1. The van der Waals surface area contributed by atoms with Crippen LogP contribution in [0.1, 0.15) is 34.5 Å². The van der Waals surface area contributed by atoms with Crippen LogP contribution < -0.4 is 0 Å². The molecule has 1 amide bonds. The predicted octanol–water partition coefficient (Wildman–Crippen LogP) is 3.12. The van der Waals surface area contributed by atoms with Crippen LogP contribution in [0.15, 0.2) is 42.0 Å². The smallest absolute Gasteiger partial charge is 0.263 e. The Hall–Kier alpha value is -1.76. The van der Waals surface area contributed by atoms with E-state index in [1.165, 1.54) is 11.3 Å². The van der Waals surface area contributed by atoms with Gasteiger partial charge in [0.25, 0.3) is 5.91 Å². The molecule has 2 fully saturated rings. The van der Waals surface area contributed by atoms with Crippen molar-refractivity contribution in [1.82, 2.24) is 9.88 Å². The highest BCUT2D eigenvalue weighted by Crippen LogP contribution is 2.37. The average Bonchev–Trinajstić information content (AvgIpc) is 3.32. The number of nitrogens with zero attached hydrogens (tertiary/aromatic N) is 2. The van der Waals surface area contributed by atoms with Crippen molar-refractivity contribution in [3.63, 3.8) is 0 Å². The van der Waals surface area contributed by atoms with Crippen molar-refractivity contribution in [3.8, 4) is 0 Å². The number of carbonyl (C=O) groups is 1. The first-order chi connectivity index (χ1) is 12.2. The average molecular weight is 358 g/mol. The van der Waals surface area contributed by atoms with Crippen molar-refractivity contribution in [2.45, 2.75) is 37.6 Å². The summed E-state index contributed by atoms with van der Waals surface area (Å²) < 4.78 is 12.1. The molecule has 0 N–H and O–H groups in total. The van der Waals surface area contributed by atoms with E-state index in [1.807, 2.05) is 34.5 Å². The molecule has 0 radical (unpaired) electrons. The van der Waals surface area contributed by atoms with Crippen molar-refractivity contribution in [2.75, 3.05) is 19.7 Å². The summed E-state index contributed by atoms with van der Waals surface area (Å²) in [5.41, 5.74) is 1.02. The van der Waals surface area contributed by atoms with E-state index in [-0.39, 0.29) is 17.6 Å². The maximum Gasteiger partial charge on any atom is 0.263 e. The third-order valence-electron chi connectivity index (χ3n) is 5.10. The van der Waals surface area contributed by atoms with E-state index in [0.29, 0.717) is 13.2 Å². The minimum atomic E-state index is -0.116. The summed E-state index contributed by atoms with van der Waals surface area (Å²) >= 11 is 1.51. The molecule has 25 heavy (non-hydrogen) atoms. The van der Waals surface area contributed by atoms with Crippen LogP contribution in [0.2, 0.25) is 0 Å². The van der Waals surface area contributed by atoms with Crippen molar-refractivity contribution < 1.29 is 14.3 Å². The van der Waals surface area contributed by atoms with Crippen LogP contribution in [0, 0.1) is 0 Å². The number of ether oxygens (including phenoxy) is 2. The number of thiophene rings is 1. The van der Waals surface area contributed by atoms with Crippen LogP contribution in [0.3, 0.4) is 0 Å². The summed E-state index contributed by atoms with van der Waals surface area (Å²) in [6, 6.07) is 7.76. The SMILES string of the molecule is O=C(c1cccs1)N1CCC2(CC1)CC(OCc1ccncc1)CO2. The van der Waals surface area contributed by atoms with Crippen LogP contribution >= 0.6 is 11.3 Å². The number of likely N-dealkylation sites (tertiary alicyclic amines) is 1. The van der Waals surface area contributed by atoms with Crippen molar-refractivity contribution >= 4 is 17.2 Å². The number of hydrogen-bond acceptors (Lipinski definition) is 5. The first-order valence-corrected chi connectivity index (χ1v) is 9.59. The summed E-state index contributed by atoms with van der Waals surface area (Å²) in [5, 5.41) is 1.95. The Balaban J connectivity index is 1.28. The van der Waals surface area contributed by atoms with E-state index in [9.17, 15) is 4.79 Å². The van der Waals surface area contributed by atoms with Gasteiger partial charge < -0.3 is 14.4 Å². The molecule has 1 atom stereocenters. The van der Waals surface area contributed by atoms with Gasteiger partial charge in [0.05, 0.1) is 29.8 Å². The maximum atomic E-state index is 12.5. The number of hydrogen-bond donors (Lipinski definition) is 0. The Morgan fingerprint density at radius 2 is 2.12 bits per heavy atom. The fourth-order valence-electron chi connectivity index (χ4n) is 3.62. The Kier molecular flexibility index (Phi) is 4.83. The van der Waals surface area contributed by atoms with Gasteiger partial charge in [0.2, 0.25) is 0 Å². The highest BCUT2D eigenvalue weighted by molar-refractivity contribution is 7.12. The van der Waals surface area contributed by atoms with Gasteiger partial charge in [0, 0.05) is 31.9 Å². The molecule has 0 aliphatic carbocycles. The van der Waals surface area contributed by atoms with Gasteiger partial charge in [-0.15, -0.1) is 11.3 Å². The molecule has 0 bridgehead atoms. The fourth-order valence-corrected chi connectivity index (χ4v) is 4.32. The molecular weight excluding hydrogens is 336 g/mol. The molecule has 132 valence electrons. The second-order valence-corrected chi connectivity index (χ2v) is 7.70. The van der Waals surface area contributed by atoms with Crippen LogP contribution in [0.4, 0.5) is 0 Å². The molecule has 4 rings (SSSR count). The second-order valence-electron chi connectivity index (χ2n) is 6.76. The quantitative estimate of drug-likeness (QED) is 0.843. The first-order valence-electron chi connectivity index (χ1n) is 8.71. The molecule has 2 aliphatic rings. The minimum Gasteiger partial charge on any atom is -0.372 e. The topological polar surface area (TPSA) is 51.7 Å². The molecule has 5 nitrogen and oxygen atoms in total. The maximum absolute atomic E-state index is 12.5. The van der Waals surface area contributed by atoms with Gasteiger partial charge in [-0.25, -0.2) is 0 Å². The fraction of sp³-hybridized carbons (Fsp3) is 0.474. The van der Waals surface area contributed by atoms with Crippen molar-refractivity contribution in [1.29, 1.82) is 0 Å². The van der Waals surface area contributed by atoms with Gasteiger partial charge in [-0.1, -0.05) is 6.07 Å². The highest BCUT2D eigenvalue weighted by atomic mass is 32.1. The van der Waals surface area contributed by atoms with E-state index in [2.05, 4.69) is 4.98 Å². The van der Waals surface area contributed by atoms with E-state index >= 15 is 0 Å². The Morgan fingerprint density at radius 1 is 1.32 bits per heavy atom. The zero-order valence-corrected chi connectivity index (χ0v) is 14.9. The highest BCUT2D eigenvalue weighted by Gasteiger charge is 2.43. The van der Waals surface area contributed by atoms with Gasteiger partial charge in [-0.2, -0.15) is 0 Å². The van der Waals surface area contributed by atoms with Gasteiger partial charge >= 0.3 is 0 Å². The Bertz CT molecular complexity index is 697. The lowest BCUT2D eigenvalue weighted by Crippen LogP contribution is -2.46. The lowest BCUT2D eigenvalue weighted by atomic mass is 9.88. The monoisotopic (exact) mass is 358 g/mol. The second kappa shape index (κ2) is 7.23. The van der Waals surface area contributed by atoms with Crippen LogP contribution in [-0.4, -0.2) is 47.2 Å². The molecule has 2 aromatic heterocycles. The van der Waals surface area contributed by atoms with E-state index in [4.69, 9.17) is 9.47 Å². The number of pyridine rings is 1. The number of rotatable bonds is 4. The minimum absolute atomic E-state index is 0.116. The van der Waals surface area contributed by atoms with Crippen molar-refractivity contribution in [3.05, 3.63) is 52.5 Å². The Labute approximate surface area is 151 Å². The molecule has 0 saturated carbocycles. The Morgan fingerprint density at radius 3 is 2.84 bits per heavy atom. The third-order valence-corrected chi connectivity index (χ3v) is 5.96. The largest absolute Gasteiger partial charge is 0.372 e. The van der Waals surface area contributed by atoms with Gasteiger partial charge in [0.1, 0.15) is 0 Å². The zero-order chi connectivity index (χ0) is 17.1. The molecule has 2 aromatic rings. The number of aromatic nitrogens is 1. The van der Waals surface area contributed by atoms with E-state index in [0.717, 1.165) is 42.8 Å². The summed E-state index contributed by atoms with van der Waals surface area (Å²) in [6.07, 6.45) is 6.39. The van der Waals surface area contributed by atoms with Crippen LogP contribution in [0.5, 0.6) is 0 Å². The van der Waals surface area contributed by atoms with Gasteiger partial charge in [0.15, 0.2) is 0 Å². The van der Waals surface area contributed by atoms with Gasteiger partial charge in [-0.3, -0.25) is 9.78 Å². The first kappa shape index (κ1) is 16.7. The van der Waals surface area contributed by atoms with Crippen LogP contribution in [-0.2, 0) is 16.1 Å². The lowest BCUT2D eigenvalue weighted by molar-refractivity contribution is -0.0411. The van der Waals surface area contributed by atoms with Crippen LogP contribution in [0.25, 0.3) is 0 Å². The molecule has 1 spiro atoms. The zero-order valence-electron chi connectivity index (χ0n) is 14.1. The third kappa shape index (κ3) is 3.76. The normalized spacial score (nSPS) is 22.4. The number of piperidine rings is 1. The van der Waals surface area contributed by atoms with E-state index in [1.54, 1.807) is 12.4 Å². The summed E-state index contributed by atoms with van der Waals surface area (Å²) in [7, 11) is 0. The predicted molar refractivity (Wildman–Crippen MR) is 95.6 cm³/mol. The lowest BCUT2D eigenvalue weighted by Gasteiger charge is -2.38. The number of amides is 1. The molecule has 2 aliphatic heterocycles. The molecule has 6 heteroatoms. The van der Waals surface area contributed by atoms with Gasteiger partial charge in [-0.05, 0) is 42.0 Å². The molecular formula is C19H22N2O3S. The summed E-state index contributed by atoms with van der Waals surface area (Å²) in [6.45, 7) is 2.75. The molecule has 2 saturated heterocycles. The standard InChI is InChI=1S/C19H22N2O3S/c22-18(17-2-1-11-25-17)21-9-5-19(6-10-21)12-16(14-24-19)23-13-15-3-7-20-8-4-15/h1-4,7-8,11,16H,5-6,9-10,12-14H2.